The van der Waals surface area contributed by atoms with Crippen molar-refractivity contribution in [1.29, 1.82) is 0 Å². The molecule has 0 aliphatic heterocycles. The quantitative estimate of drug-likeness (QED) is 0.753. The summed E-state index contributed by atoms with van der Waals surface area (Å²) in [4.78, 5) is 14.8. The number of amides is 1. The molecule has 1 saturated carbocycles. The number of hydrogen-bond acceptors (Lipinski definition) is 3. The number of rotatable bonds is 7. The first-order valence-electron chi connectivity index (χ1n) is 8.35. The van der Waals surface area contributed by atoms with Gasteiger partial charge in [-0.25, -0.2) is 0 Å². The van der Waals surface area contributed by atoms with Crippen LogP contribution in [-0.2, 0) is 4.79 Å². The van der Waals surface area contributed by atoms with Crippen LogP contribution < -0.4 is 11.1 Å². The Morgan fingerprint density at radius 2 is 1.75 bits per heavy atom. The molecule has 1 amide bonds. The summed E-state index contributed by atoms with van der Waals surface area (Å²) in [6.07, 6.45) is 6.41. The maximum atomic E-state index is 12.4. The molecule has 1 fully saturated rings. The van der Waals surface area contributed by atoms with Gasteiger partial charge in [0.25, 0.3) is 0 Å². The second kappa shape index (κ2) is 8.63. The maximum Gasteiger partial charge on any atom is 0.237 e. The molecule has 0 aromatic carbocycles. The number of carbonyl (C=O) groups excluding carboxylic acids is 1. The molecule has 20 heavy (non-hydrogen) atoms. The standard InChI is InChI=1S/C16H33N3O/c1-5-14(6-2)18-16(20)12(4)19(7-3)15-10-8-13(17)9-11-15/h12-15H,5-11,17H2,1-4H3,(H,18,20). The van der Waals surface area contributed by atoms with Gasteiger partial charge in [0.05, 0.1) is 6.04 Å². The Bertz CT molecular complexity index is 283. The zero-order valence-corrected chi connectivity index (χ0v) is 13.7. The van der Waals surface area contributed by atoms with Crippen molar-refractivity contribution in [2.24, 2.45) is 5.73 Å². The van der Waals surface area contributed by atoms with Gasteiger partial charge in [0.1, 0.15) is 0 Å². The number of hydrogen-bond donors (Lipinski definition) is 2. The van der Waals surface area contributed by atoms with Crippen LogP contribution in [0.3, 0.4) is 0 Å². The molecule has 1 rings (SSSR count). The molecule has 4 nitrogen and oxygen atoms in total. The van der Waals surface area contributed by atoms with E-state index in [9.17, 15) is 4.79 Å². The van der Waals surface area contributed by atoms with E-state index in [1.165, 1.54) is 0 Å². The topological polar surface area (TPSA) is 58.4 Å². The van der Waals surface area contributed by atoms with E-state index in [0.29, 0.717) is 18.1 Å². The molecule has 0 heterocycles. The highest BCUT2D eigenvalue weighted by Crippen LogP contribution is 2.23. The Kier molecular flexibility index (Phi) is 7.52. The van der Waals surface area contributed by atoms with Gasteiger partial charge in [0.15, 0.2) is 0 Å². The summed E-state index contributed by atoms with van der Waals surface area (Å²) < 4.78 is 0. The Labute approximate surface area is 124 Å². The van der Waals surface area contributed by atoms with E-state index >= 15 is 0 Å². The summed E-state index contributed by atoms with van der Waals surface area (Å²) in [5.41, 5.74) is 5.98. The molecule has 0 aromatic heterocycles. The van der Waals surface area contributed by atoms with E-state index in [1.54, 1.807) is 0 Å². The maximum absolute atomic E-state index is 12.4. The van der Waals surface area contributed by atoms with Gasteiger partial charge in [0, 0.05) is 18.1 Å². The monoisotopic (exact) mass is 283 g/mol. The van der Waals surface area contributed by atoms with Crippen LogP contribution >= 0.6 is 0 Å². The summed E-state index contributed by atoms with van der Waals surface area (Å²) >= 11 is 0. The van der Waals surface area contributed by atoms with Crippen LogP contribution in [0.4, 0.5) is 0 Å². The molecular formula is C16H33N3O. The molecule has 1 unspecified atom stereocenters. The van der Waals surface area contributed by atoms with Crippen molar-refractivity contribution >= 4 is 5.91 Å². The van der Waals surface area contributed by atoms with E-state index in [-0.39, 0.29) is 11.9 Å². The van der Waals surface area contributed by atoms with Crippen molar-refractivity contribution in [1.82, 2.24) is 10.2 Å². The number of nitrogens with zero attached hydrogens (tertiary/aromatic N) is 1. The summed E-state index contributed by atoms with van der Waals surface area (Å²) in [5, 5.41) is 3.17. The molecule has 0 saturated heterocycles. The van der Waals surface area contributed by atoms with Gasteiger partial charge in [-0.1, -0.05) is 20.8 Å². The third-order valence-electron chi connectivity index (χ3n) is 4.78. The van der Waals surface area contributed by atoms with Crippen molar-refractivity contribution < 1.29 is 4.79 Å². The highest BCUT2D eigenvalue weighted by Gasteiger charge is 2.30. The lowest BCUT2D eigenvalue weighted by atomic mass is 9.90. The summed E-state index contributed by atoms with van der Waals surface area (Å²) in [5.74, 6) is 0.176. The van der Waals surface area contributed by atoms with Crippen LogP contribution in [0.15, 0.2) is 0 Å². The minimum absolute atomic E-state index is 0.0417. The third kappa shape index (κ3) is 4.74. The molecule has 118 valence electrons. The van der Waals surface area contributed by atoms with Gasteiger partial charge in [-0.3, -0.25) is 9.69 Å². The molecule has 1 aliphatic carbocycles. The lowest BCUT2D eigenvalue weighted by molar-refractivity contribution is -0.127. The van der Waals surface area contributed by atoms with Crippen LogP contribution in [0.5, 0.6) is 0 Å². The fourth-order valence-electron chi connectivity index (χ4n) is 3.25. The lowest BCUT2D eigenvalue weighted by Crippen LogP contribution is -2.52. The smallest absolute Gasteiger partial charge is 0.237 e. The van der Waals surface area contributed by atoms with Crippen LogP contribution in [0.2, 0.25) is 0 Å². The molecule has 3 N–H and O–H groups in total. The predicted molar refractivity (Wildman–Crippen MR) is 84.6 cm³/mol. The number of carbonyl (C=O) groups is 1. The molecule has 1 atom stereocenters. The van der Waals surface area contributed by atoms with E-state index in [2.05, 4.69) is 31.0 Å². The number of likely N-dealkylation sites (N-methyl/N-ethyl adjacent to an activating group) is 1. The Morgan fingerprint density at radius 1 is 1.20 bits per heavy atom. The van der Waals surface area contributed by atoms with Gasteiger partial charge < -0.3 is 11.1 Å². The first-order chi connectivity index (χ1) is 9.53. The summed E-state index contributed by atoms with van der Waals surface area (Å²) in [6, 6.07) is 1.14. The summed E-state index contributed by atoms with van der Waals surface area (Å²) in [6.45, 7) is 9.36. The second-order valence-electron chi connectivity index (χ2n) is 6.10. The first kappa shape index (κ1) is 17.4. The minimum Gasteiger partial charge on any atom is -0.352 e. The third-order valence-corrected chi connectivity index (χ3v) is 4.78. The van der Waals surface area contributed by atoms with E-state index in [4.69, 9.17) is 5.73 Å². The fourth-order valence-corrected chi connectivity index (χ4v) is 3.25. The minimum atomic E-state index is -0.0417. The van der Waals surface area contributed by atoms with Crippen LogP contribution in [0, 0.1) is 0 Å². The zero-order valence-electron chi connectivity index (χ0n) is 13.7. The van der Waals surface area contributed by atoms with Crippen molar-refractivity contribution in [3.05, 3.63) is 0 Å². The van der Waals surface area contributed by atoms with Gasteiger partial charge >= 0.3 is 0 Å². The summed E-state index contributed by atoms with van der Waals surface area (Å²) in [7, 11) is 0. The predicted octanol–water partition coefficient (Wildman–Crippen LogP) is 2.27. The lowest BCUT2D eigenvalue weighted by Gasteiger charge is -2.38. The highest BCUT2D eigenvalue weighted by atomic mass is 16.2. The highest BCUT2D eigenvalue weighted by molar-refractivity contribution is 5.81. The van der Waals surface area contributed by atoms with Crippen molar-refractivity contribution in [3.63, 3.8) is 0 Å². The first-order valence-corrected chi connectivity index (χ1v) is 8.35. The van der Waals surface area contributed by atoms with Crippen molar-refractivity contribution in [3.8, 4) is 0 Å². The van der Waals surface area contributed by atoms with E-state index < -0.39 is 0 Å². The SMILES string of the molecule is CCC(CC)NC(=O)C(C)N(CC)C1CCC(N)CC1. The van der Waals surface area contributed by atoms with Crippen LogP contribution in [0.1, 0.15) is 66.2 Å². The van der Waals surface area contributed by atoms with Gasteiger partial charge in [-0.05, 0) is 52.0 Å². The molecule has 0 bridgehead atoms. The average molecular weight is 283 g/mol. The molecule has 4 heteroatoms. The van der Waals surface area contributed by atoms with E-state index in [1.807, 2.05) is 6.92 Å². The normalized spacial score (nSPS) is 24.9. The van der Waals surface area contributed by atoms with Gasteiger partial charge in [0.2, 0.25) is 5.91 Å². The Balaban J connectivity index is 2.57. The largest absolute Gasteiger partial charge is 0.352 e. The Hall–Kier alpha value is -0.610. The van der Waals surface area contributed by atoms with Gasteiger partial charge in [-0.15, -0.1) is 0 Å². The van der Waals surface area contributed by atoms with Crippen LogP contribution in [0.25, 0.3) is 0 Å². The number of nitrogens with one attached hydrogen (secondary N) is 1. The van der Waals surface area contributed by atoms with Crippen molar-refractivity contribution in [2.45, 2.75) is 90.4 Å². The Morgan fingerprint density at radius 3 is 2.20 bits per heavy atom. The van der Waals surface area contributed by atoms with Crippen molar-refractivity contribution in [2.75, 3.05) is 6.54 Å². The van der Waals surface area contributed by atoms with E-state index in [0.717, 1.165) is 45.1 Å². The van der Waals surface area contributed by atoms with Gasteiger partial charge in [-0.2, -0.15) is 0 Å². The fraction of sp³-hybridized carbons (Fsp3) is 0.938. The zero-order chi connectivity index (χ0) is 15.1. The molecule has 0 radical (unpaired) electrons. The second-order valence-corrected chi connectivity index (χ2v) is 6.10. The molecular weight excluding hydrogens is 250 g/mol. The molecule has 1 aliphatic rings. The van der Waals surface area contributed by atoms with Crippen LogP contribution in [-0.4, -0.2) is 41.5 Å². The molecule has 0 aromatic rings. The molecule has 0 spiro atoms. The number of nitrogens with two attached hydrogens (primary N) is 1. The average Bonchev–Trinajstić information content (AvgIpc) is 2.47.